The monoisotopic (exact) mass is 296 g/mol. The van der Waals surface area contributed by atoms with Crippen LogP contribution < -0.4 is 10.2 Å². The normalized spacial score (nSPS) is 27.1. The standard InChI is InChI=1S/C16H22ClFN2/c1-10(2)16-8-19-14(11-3-4-11)9-20(16)15-6-5-12(18)7-13(15)17/h5-7,10-11,14,16,19H,3-4,8-9H2,1-2H3. The van der Waals surface area contributed by atoms with Crippen molar-refractivity contribution < 1.29 is 4.39 Å². The topological polar surface area (TPSA) is 15.3 Å². The highest BCUT2D eigenvalue weighted by atomic mass is 35.5. The highest BCUT2D eigenvalue weighted by molar-refractivity contribution is 6.33. The third-order valence-corrected chi connectivity index (χ3v) is 4.87. The van der Waals surface area contributed by atoms with E-state index in [1.54, 1.807) is 0 Å². The number of benzene rings is 1. The first-order chi connectivity index (χ1) is 9.56. The molecule has 20 heavy (non-hydrogen) atoms. The van der Waals surface area contributed by atoms with E-state index in [1.165, 1.54) is 25.0 Å². The van der Waals surface area contributed by atoms with Crippen LogP contribution in [0.3, 0.4) is 0 Å². The molecule has 0 radical (unpaired) electrons. The van der Waals surface area contributed by atoms with E-state index >= 15 is 0 Å². The van der Waals surface area contributed by atoms with Gasteiger partial charge in [-0.3, -0.25) is 0 Å². The quantitative estimate of drug-likeness (QED) is 0.915. The van der Waals surface area contributed by atoms with Gasteiger partial charge in [-0.05, 0) is 42.9 Å². The fourth-order valence-corrected chi connectivity index (χ4v) is 3.47. The zero-order chi connectivity index (χ0) is 14.3. The Hall–Kier alpha value is -0.800. The third-order valence-electron chi connectivity index (χ3n) is 4.56. The maximum atomic E-state index is 13.3. The van der Waals surface area contributed by atoms with Gasteiger partial charge in [-0.25, -0.2) is 4.39 Å². The molecule has 2 aliphatic rings. The Labute approximate surface area is 125 Å². The van der Waals surface area contributed by atoms with Gasteiger partial charge in [0.05, 0.1) is 10.7 Å². The first-order valence-corrected chi connectivity index (χ1v) is 7.89. The van der Waals surface area contributed by atoms with E-state index in [4.69, 9.17) is 11.6 Å². The van der Waals surface area contributed by atoms with Crippen LogP contribution in [0.5, 0.6) is 0 Å². The van der Waals surface area contributed by atoms with Crippen molar-refractivity contribution in [2.24, 2.45) is 11.8 Å². The molecule has 0 amide bonds. The van der Waals surface area contributed by atoms with Crippen LogP contribution in [-0.2, 0) is 0 Å². The molecule has 2 atom stereocenters. The Kier molecular flexibility index (Phi) is 3.91. The van der Waals surface area contributed by atoms with Gasteiger partial charge in [0.1, 0.15) is 5.82 Å². The number of hydrogen-bond acceptors (Lipinski definition) is 2. The minimum atomic E-state index is -0.270. The van der Waals surface area contributed by atoms with Crippen LogP contribution in [-0.4, -0.2) is 25.2 Å². The van der Waals surface area contributed by atoms with Crippen molar-refractivity contribution in [3.8, 4) is 0 Å². The van der Waals surface area contributed by atoms with Crippen LogP contribution in [0.1, 0.15) is 26.7 Å². The van der Waals surface area contributed by atoms with Crippen LogP contribution >= 0.6 is 11.6 Å². The fraction of sp³-hybridized carbons (Fsp3) is 0.625. The van der Waals surface area contributed by atoms with Crippen molar-refractivity contribution in [1.82, 2.24) is 5.32 Å². The van der Waals surface area contributed by atoms with Crippen LogP contribution in [0.25, 0.3) is 0 Å². The van der Waals surface area contributed by atoms with Crippen molar-refractivity contribution in [2.75, 3.05) is 18.0 Å². The van der Waals surface area contributed by atoms with Crippen molar-refractivity contribution in [3.63, 3.8) is 0 Å². The van der Waals surface area contributed by atoms with Crippen molar-refractivity contribution >= 4 is 17.3 Å². The number of hydrogen-bond donors (Lipinski definition) is 1. The van der Waals surface area contributed by atoms with Gasteiger partial charge in [0.15, 0.2) is 0 Å². The predicted octanol–water partition coefficient (Wildman–Crippen LogP) is 3.69. The summed E-state index contributed by atoms with van der Waals surface area (Å²) in [5, 5.41) is 4.20. The van der Waals surface area contributed by atoms with E-state index in [0.717, 1.165) is 24.7 Å². The van der Waals surface area contributed by atoms with E-state index in [1.807, 2.05) is 6.07 Å². The zero-order valence-electron chi connectivity index (χ0n) is 12.1. The fourth-order valence-electron chi connectivity index (χ4n) is 3.20. The highest BCUT2D eigenvalue weighted by Crippen LogP contribution is 2.37. The summed E-state index contributed by atoms with van der Waals surface area (Å²) < 4.78 is 13.3. The van der Waals surface area contributed by atoms with E-state index < -0.39 is 0 Å². The predicted molar refractivity (Wildman–Crippen MR) is 81.9 cm³/mol. The van der Waals surface area contributed by atoms with E-state index in [0.29, 0.717) is 23.0 Å². The summed E-state index contributed by atoms with van der Waals surface area (Å²) >= 11 is 6.27. The van der Waals surface area contributed by atoms with Gasteiger partial charge < -0.3 is 10.2 Å². The summed E-state index contributed by atoms with van der Waals surface area (Å²) in [5.74, 6) is 1.07. The lowest BCUT2D eigenvalue weighted by atomic mass is 9.96. The van der Waals surface area contributed by atoms with Crippen LogP contribution in [0.2, 0.25) is 5.02 Å². The van der Waals surface area contributed by atoms with E-state index in [2.05, 4.69) is 24.1 Å². The van der Waals surface area contributed by atoms with Crippen molar-refractivity contribution in [1.29, 1.82) is 0 Å². The third kappa shape index (κ3) is 2.79. The number of piperazine rings is 1. The molecule has 0 bridgehead atoms. The number of rotatable bonds is 3. The molecule has 1 N–H and O–H groups in total. The summed E-state index contributed by atoms with van der Waals surface area (Å²) in [6.45, 7) is 6.41. The Morgan fingerprint density at radius 3 is 2.70 bits per heavy atom. The van der Waals surface area contributed by atoms with Gasteiger partial charge in [0.2, 0.25) is 0 Å². The molecule has 1 saturated carbocycles. The molecule has 1 aliphatic heterocycles. The molecule has 110 valence electrons. The number of nitrogens with one attached hydrogen (secondary N) is 1. The van der Waals surface area contributed by atoms with Crippen LogP contribution in [0.4, 0.5) is 10.1 Å². The zero-order valence-corrected chi connectivity index (χ0v) is 12.8. The molecule has 0 spiro atoms. The van der Waals surface area contributed by atoms with Crippen molar-refractivity contribution in [3.05, 3.63) is 29.0 Å². The number of halogens is 2. The van der Waals surface area contributed by atoms with Gasteiger partial charge in [0, 0.05) is 25.2 Å². The molecule has 1 aliphatic carbocycles. The van der Waals surface area contributed by atoms with Crippen molar-refractivity contribution in [2.45, 2.75) is 38.8 Å². The SMILES string of the molecule is CC(C)C1CNC(C2CC2)CN1c1ccc(F)cc1Cl. The summed E-state index contributed by atoms with van der Waals surface area (Å²) in [5.41, 5.74) is 0.971. The van der Waals surface area contributed by atoms with Gasteiger partial charge in [0.25, 0.3) is 0 Å². The first kappa shape index (κ1) is 14.2. The molecule has 1 heterocycles. The lowest BCUT2D eigenvalue weighted by molar-refractivity contribution is 0.320. The van der Waals surface area contributed by atoms with Gasteiger partial charge in [-0.15, -0.1) is 0 Å². The average molecular weight is 297 g/mol. The van der Waals surface area contributed by atoms with Gasteiger partial charge in [-0.2, -0.15) is 0 Å². The molecular formula is C16H22ClFN2. The molecule has 1 aromatic rings. The lowest BCUT2D eigenvalue weighted by Gasteiger charge is -2.44. The maximum absolute atomic E-state index is 13.3. The molecule has 1 aromatic carbocycles. The number of nitrogens with zero attached hydrogens (tertiary/aromatic N) is 1. The average Bonchev–Trinajstić information content (AvgIpc) is 3.22. The maximum Gasteiger partial charge on any atom is 0.124 e. The summed E-state index contributed by atoms with van der Waals surface area (Å²) in [6, 6.07) is 5.71. The van der Waals surface area contributed by atoms with E-state index in [9.17, 15) is 4.39 Å². The first-order valence-electron chi connectivity index (χ1n) is 7.51. The highest BCUT2D eigenvalue weighted by Gasteiger charge is 2.38. The second-order valence-electron chi connectivity index (χ2n) is 6.41. The smallest absolute Gasteiger partial charge is 0.124 e. The van der Waals surface area contributed by atoms with Crippen LogP contribution in [0.15, 0.2) is 18.2 Å². The molecule has 4 heteroatoms. The second-order valence-corrected chi connectivity index (χ2v) is 6.82. The minimum Gasteiger partial charge on any atom is -0.364 e. The molecule has 2 nitrogen and oxygen atoms in total. The van der Waals surface area contributed by atoms with Gasteiger partial charge >= 0.3 is 0 Å². The molecule has 1 saturated heterocycles. The van der Waals surface area contributed by atoms with Crippen LogP contribution in [0, 0.1) is 17.7 Å². The second kappa shape index (κ2) is 5.53. The van der Waals surface area contributed by atoms with E-state index in [-0.39, 0.29) is 5.82 Å². The Bertz CT molecular complexity index is 487. The Morgan fingerprint density at radius 1 is 1.35 bits per heavy atom. The molecule has 0 aromatic heterocycles. The molecular weight excluding hydrogens is 275 g/mol. The van der Waals surface area contributed by atoms with Gasteiger partial charge in [-0.1, -0.05) is 25.4 Å². The number of anilines is 1. The molecule has 2 unspecified atom stereocenters. The summed E-state index contributed by atoms with van der Waals surface area (Å²) in [6.07, 6.45) is 2.66. The lowest BCUT2D eigenvalue weighted by Crippen LogP contribution is -2.59. The summed E-state index contributed by atoms with van der Waals surface area (Å²) in [7, 11) is 0. The Balaban J connectivity index is 1.87. The Morgan fingerprint density at radius 2 is 2.10 bits per heavy atom. The molecule has 3 rings (SSSR count). The molecule has 2 fully saturated rings. The largest absolute Gasteiger partial charge is 0.364 e. The summed E-state index contributed by atoms with van der Waals surface area (Å²) in [4.78, 5) is 2.38. The minimum absolute atomic E-state index is 0.270.